The van der Waals surface area contributed by atoms with Crippen molar-refractivity contribution in [2.45, 2.75) is 221 Å². The molecule has 2 rings (SSSR count). The quantitative estimate of drug-likeness (QED) is 0.0497. The maximum atomic E-state index is 14.5. The van der Waals surface area contributed by atoms with Gasteiger partial charge in [-0.25, -0.2) is 9.59 Å². The maximum Gasteiger partial charge on any atom is 0.408 e. The summed E-state index contributed by atoms with van der Waals surface area (Å²) in [5.41, 5.74) is 0.0686. The van der Waals surface area contributed by atoms with Gasteiger partial charge in [-0.3, -0.25) is 9.59 Å². The first kappa shape index (κ1) is 53.9. The predicted octanol–water partition coefficient (Wildman–Crippen LogP) is 8.53. The lowest BCUT2D eigenvalue weighted by atomic mass is 9.86. The third kappa shape index (κ3) is 20.6. The van der Waals surface area contributed by atoms with E-state index >= 15 is 0 Å². The van der Waals surface area contributed by atoms with Crippen molar-refractivity contribution >= 4 is 23.9 Å². The fourth-order valence-electron chi connectivity index (χ4n) is 7.53. The molecule has 9 atom stereocenters. The van der Waals surface area contributed by atoms with E-state index in [1.165, 1.54) is 58.3 Å². The molecule has 0 saturated carbocycles. The minimum absolute atomic E-state index is 0.0417. The number of aliphatic hydroxyl groups excluding tert-OH is 1. The largest absolute Gasteiger partial charge is 0.460 e. The Balaban J connectivity index is 2.32. The molecule has 1 heterocycles. The van der Waals surface area contributed by atoms with Crippen LogP contribution in [0.5, 0.6) is 0 Å². The van der Waals surface area contributed by atoms with Gasteiger partial charge in [0.05, 0.1) is 31.5 Å². The molecule has 0 unspecified atom stereocenters. The Morgan fingerprint density at radius 2 is 1.34 bits per heavy atom. The average molecular weight is 862 g/mol. The molecule has 0 aromatic heterocycles. The molecule has 0 bridgehead atoms. The van der Waals surface area contributed by atoms with Gasteiger partial charge in [-0.1, -0.05) is 129 Å². The first-order valence-electron chi connectivity index (χ1n) is 23.1. The van der Waals surface area contributed by atoms with Crippen LogP contribution in [-0.2, 0) is 44.7 Å². The topological polar surface area (TPSA) is 171 Å². The first-order chi connectivity index (χ1) is 28.7. The zero-order valence-electron chi connectivity index (χ0n) is 39.7. The van der Waals surface area contributed by atoms with Crippen molar-refractivity contribution in [2.75, 3.05) is 6.61 Å². The second-order valence-corrected chi connectivity index (χ2v) is 19.0. The van der Waals surface area contributed by atoms with Gasteiger partial charge in [0.25, 0.3) is 0 Å². The van der Waals surface area contributed by atoms with Crippen molar-refractivity contribution in [2.24, 2.45) is 17.8 Å². The van der Waals surface area contributed by atoms with Crippen LogP contribution < -0.4 is 16.0 Å². The monoisotopic (exact) mass is 862 g/mol. The molecule has 1 aromatic carbocycles. The molecule has 1 fully saturated rings. The molecule has 1 aliphatic rings. The Morgan fingerprint density at radius 1 is 0.803 bits per heavy atom. The number of amides is 3. The third-order valence-corrected chi connectivity index (χ3v) is 11.2. The summed E-state index contributed by atoms with van der Waals surface area (Å²) >= 11 is 0. The summed E-state index contributed by atoms with van der Waals surface area (Å²) in [4.78, 5) is 54.8. The SMILES string of the molecule is CCCCCCCCCCCCC[C@@H](OC(=O)[C@@H](NC(=O)[C@@H](NC(=O)[C@@H](NC(=O)OC(C)(C)C)C(C)C)[C@@H](C)O)[C@@H](C)OCc1ccccc1)[C@H](C)[C@H]1OC(C)(C)OC[C@@H]1C. The van der Waals surface area contributed by atoms with Crippen molar-refractivity contribution in [3.8, 4) is 0 Å². The van der Waals surface area contributed by atoms with Crippen molar-refractivity contribution < 1.29 is 48.0 Å². The number of unbranched alkanes of at least 4 members (excludes halogenated alkanes) is 10. The molecular weight excluding hydrogens is 779 g/mol. The maximum absolute atomic E-state index is 14.5. The second-order valence-electron chi connectivity index (χ2n) is 19.0. The van der Waals surface area contributed by atoms with Gasteiger partial charge in [0.1, 0.15) is 23.8 Å². The van der Waals surface area contributed by atoms with E-state index in [1.807, 2.05) is 51.1 Å². The van der Waals surface area contributed by atoms with Crippen LogP contribution in [0.25, 0.3) is 0 Å². The van der Waals surface area contributed by atoms with Gasteiger partial charge in [-0.2, -0.15) is 0 Å². The van der Waals surface area contributed by atoms with Crippen molar-refractivity contribution in [1.29, 1.82) is 0 Å². The van der Waals surface area contributed by atoms with Crippen LogP contribution in [0, 0.1) is 17.8 Å². The number of carbonyl (C=O) groups excluding carboxylic acids is 4. The Labute approximate surface area is 367 Å². The molecule has 13 heteroatoms. The fourth-order valence-corrected chi connectivity index (χ4v) is 7.53. The molecule has 13 nitrogen and oxygen atoms in total. The molecule has 350 valence electrons. The number of aliphatic hydroxyl groups is 1. The van der Waals surface area contributed by atoms with Crippen LogP contribution in [-0.4, -0.2) is 89.5 Å². The zero-order valence-corrected chi connectivity index (χ0v) is 39.7. The van der Waals surface area contributed by atoms with E-state index in [0.717, 1.165) is 24.8 Å². The summed E-state index contributed by atoms with van der Waals surface area (Å²) in [7, 11) is 0. The van der Waals surface area contributed by atoms with Gasteiger partial charge >= 0.3 is 12.1 Å². The van der Waals surface area contributed by atoms with E-state index in [1.54, 1.807) is 41.5 Å². The zero-order chi connectivity index (χ0) is 45.8. The van der Waals surface area contributed by atoms with Gasteiger partial charge < -0.3 is 44.7 Å². The molecule has 4 N–H and O–H groups in total. The highest BCUT2D eigenvalue weighted by Crippen LogP contribution is 2.34. The summed E-state index contributed by atoms with van der Waals surface area (Å²) in [5, 5.41) is 18.8. The van der Waals surface area contributed by atoms with Crippen molar-refractivity contribution in [1.82, 2.24) is 16.0 Å². The van der Waals surface area contributed by atoms with Crippen LogP contribution in [0.15, 0.2) is 30.3 Å². The summed E-state index contributed by atoms with van der Waals surface area (Å²) in [5.74, 6) is -3.59. The van der Waals surface area contributed by atoms with Gasteiger partial charge in [0.15, 0.2) is 11.8 Å². The van der Waals surface area contributed by atoms with Crippen LogP contribution in [0.3, 0.4) is 0 Å². The average Bonchev–Trinajstić information content (AvgIpc) is 3.18. The molecule has 1 aliphatic heterocycles. The predicted molar refractivity (Wildman–Crippen MR) is 238 cm³/mol. The lowest BCUT2D eigenvalue weighted by Gasteiger charge is -2.44. The normalized spacial score (nSPS) is 20.0. The summed E-state index contributed by atoms with van der Waals surface area (Å²) in [6.07, 6.45) is 9.80. The molecule has 0 spiro atoms. The van der Waals surface area contributed by atoms with Crippen molar-refractivity contribution in [3.05, 3.63) is 35.9 Å². The van der Waals surface area contributed by atoms with Gasteiger partial charge in [0.2, 0.25) is 11.8 Å². The number of nitrogens with one attached hydrogen (secondary N) is 3. The lowest BCUT2D eigenvalue weighted by molar-refractivity contribution is -0.304. The van der Waals surface area contributed by atoms with E-state index in [0.29, 0.717) is 13.0 Å². The van der Waals surface area contributed by atoms with Crippen LogP contribution in [0.2, 0.25) is 0 Å². The number of alkyl carbamates (subject to hydrolysis) is 1. The first-order valence-corrected chi connectivity index (χ1v) is 23.1. The van der Waals surface area contributed by atoms with E-state index < -0.39 is 77.6 Å². The van der Waals surface area contributed by atoms with Crippen molar-refractivity contribution in [3.63, 3.8) is 0 Å². The minimum Gasteiger partial charge on any atom is -0.460 e. The molecule has 1 aromatic rings. The number of rotatable bonds is 27. The number of esters is 1. The molecule has 0 aliphatic carbocycles. The lowest BCUT2D eigenvalue weighted by Crippen LogP contribution is -2.61. The van der Waals surface area contributed by atoms with E-state index in [4.69, 9.17) is 23.7 Å². The number of ether oxygens (including phenoxy) is 5. The van der Waals surface area contributed by atoms with Gasteiger partial charge in [-0.15, -0.1) is 0 Å². The number of benzene rings is 1. The summed E-state index contributed by atoms with van der Waals surface area (Å²) < 4.78 is 30.3. The fraction of sp³-hybridized carbons (Fsp3) is 0.792. The highest BCUT2D eigenvalue weighted by Gasteiger charge is 2.42. The van der Waals surface area contributed by atoms with E-state index in [-0.39, 0.29) is 24.5 Å². The van der Waals surface area contributed by atoms with Crippen LogP contribution >= 0.6 is 0 Å². The highest BCUT2D eigenvalue weighted by atomic mass is 16.7. The van der Waals surface area contributed by atoms with Gasteiger partial charge in [-0.05, 0) is 72.8 Å². The minimum atomic E-state index is -1.49. The second kappa shape index (κ2) is 27.0. The molecule has 3 amide bonds. The van der Waals surface area contributed by atoms with E-state index in [9.17, 15) is 24.3 Å². The Bertz CT molecular complexity index is 1430. The van der Waals surface area contributed by atoms with Crippen LogP contribution in [0.4, 0.5) is 4.79 Å². The van der Waals surface area contributed by atoms with Crippen LogP contribution in [0.1, 0.15) is 166 Å². The Kier molecular flexibility index (Phi) is 23.9. The Morgan fingerprint density at radius 3 is 1.89 bits per heavy atom. The molecule has 61 heavy (non-hydrogen) atoms. The highest BCUT2D eigenvalue weighted by molar-refractivity contribution is 5.93. The molecular formula is C48H83N3O10. The molecule has 1 saturated heterocycles. The number of hydrogen-bond acceptors (Lipinski definition) is 10. The number of carbonyl (C=O) groups is 4. The van der Waals surface area contributed by atoms with Gasteiger partial charge in [0, 0.05) is 11.8 Å². The third-order valence-electron chi connectivity index (χ3n) is 11.2. The Hall–Kier alpha value is -3.26. The van der Waals surface area contributed by atoms with E-state index in [2.05, 4.69) is 29.8 Å². The number of hydrogen-bond donors (Lipinski definition) is 4. The summed E-state index contributed by atoms with van der Waals surface area (Å²) in [6.45, 7) is 22.4. The summed E-state index contributed by atoms with van der Waals surface area (Å²) in [6, 6.07) is 5.57. The smallest absolute Gasteiger partial charge is 0.408 e. The standard InChI is InChI=1S/C48H83N3O10/c1-13-14-15-16-17-18-19-20-21-22-26-29-38(34(5)42-33(4)30-58-48(11,12)60-42)59-45(55)41(36(7)57-31-37-27-24-23-25-28-37)50-44(54)40(35(6)52)49-43(53)39(32(2)3)51-46(56)61-47(8,9)10/h23-25,27-28,32-36,38-42,52H,13-22,26,29-31H2,1-12H3,(H,49,53)(H,50,54)(H,51,56)/t33-,34-,35+,36+,38+,39-,40-,41-,42-/m0/s1. The molecule has 0 radical (unpaired) electrons.